The summed E-state index contributed by atoms with van der Waals surface area (Å²) in [5, 5.41) is 8.50. The Bertz CT molecular complexity index is 224. The highest BCUT2D eigenvalue weighted by atomic mass is 16.2. The van der Waals surface area contributed by atoms with Crippen LogP contribution in [0.15, 0.2) is 0 Å². The highest BCUT2D eigenvalue weighted by molar-refractivity contribution is 5.81. The maximum absolute atomic E-state index is 11.8. The summed E-state index contributed by atoms with van der Waals surface area (Å²) < 4.78 is 0. The average Bonchev–Trinajstić information content (AvgIpc) is 2.39. The van der Waals surface area contributed by atoms with E-state index in [9.17, 15) is 9.59 Å². The molecule has 0 aliphatic rings. The van der Waals surface area contributed by atoms with Gasteiger partial charge in [0.1, 0.15) is 0 Å². The van der Waals surface area contributed by atoms with Crippen LogP contribution < -0.4 is 21.7 Å². The molecular weight excluding hydrogens is 232 g/mol. The molecule has 0 heterocycles. The number of hydrogen-bond acceptors (Lipinski definition) is 4. The van der Waals surface area contributed by atoms with Gasteiger partial charge in [-0.05, 0) is 45.7 Å². The number of likely N-dealkylation sites (N-methyl/N-ethyl adjacent to an activating group) is 1. The molecule has 0 aliphatic carbocycles. The topological polar surface area (TPSA) is 96.2 Å². The van der Waals surface area contributed by atoms with E-state index in [1.54, 1.807) is 7.05 Å². The first-order valence-electron chi connectivity index (χ1n) is 6.58. The summed E-state index contributed by atoms with van der Waals surface area (Å²) in [6, 6.07) is -0.154. The summed E-state index contributed by atoms with van der Waals surface area (Å²) in [6.07, 6.45) is 5.11. The summed E-state index contributed by atoms with van der Waals surface area (Å²) in [6.45, 7) is 2.01. The van der Waals surface area contributed by atoms with Crippen LogP contribution in [-0.2, 0) is 9.59 Å². The van der Waals surface area contributed by atoms with Gasteiger partial charge in [-0.15, -0.1) is 0 Å². The molecule has 1 unspecified atom stereocenters. The maximum atomic E-state index is 11.8. The molecule has 0 saturated heterocycles. The van der Waals surface area contributed by atoms with Crippen LogP contribution in [0, 0.1) is 0 Å². The van der Waals surface area contributed by atoms with Crippen molar-refractivity contribution < 1.29 is 9.59 Å². The minimum absolute atomic E-state index is 0.0397. The van der Waals surface area contributed by atoms with E-state index in [0.717, 1.165) is 32.1 Å². The third kappa shape index (κ3) is 8.95. The molecule has 0 radical (unpaired) electrons. The number of nitrogens with two attached hydrogens (primary N) is 1. The predicted molar refractivity (Wildman–Crippen MR) is 72.1 cm³/mol. The third-order valence-electron chi connectivity index (χ3n) is 2.74. The number of rotatable bonds is 12. The van der Waals surface area contributed by atoms with Crippen LogP contribution >= 0.6 is 0 Å². The van der Waals surface area contributed by atoms with Gasteiger partial charge >= 0.3 is 0 Å². The Labute approximate surface area is 109 Å². The van der Waals surface area contributed by atoms with E-state index in [2.05, 4.69) is 16.0 Å². The molecule has 0 aromatic carbocycles. The number of amides is 2. The Morgan fingerprint density at radius 1 is 1.22 bits per heavy atom. The average molecular weight is 258 g/mol. The Morgan fingerprint density at radius 2 is 1.94 bits per heavy atom. The molecule has 0 aliphatic heterocycles. The van der Waals surface area contributed by atoms with E-state index < -0.39 is 0 Å². The van der Waals surface area contributed by atoms with Gasteiger partial charge < -0.3 is 21.7 Å². The van der Waals surface area contributed by atoms with Crippen molar-refractivity contribution >= 4 is 12.3 Å². The van der Waals surface area contributed by atoms with Crippen LogP contribution in [0.25, 0.3) is 0 Å². The van der Waals surface area contributed by atoms with Gasteiger partial charge in [0.05, 0.1) is 6.04 Å². The first-order valence-corrected chi connectivity index (χ1v) is 6.58. The summed E-state index contributed by atoms with van der Waals surface area (Å²) in [5.74, 6) is 0.0397. The third-order valence-corrected chi connectivity index (χ3v) is 2.74. The van der Waals surface area contributed by atoms with Crippen molar-refractivity contribution in [3.05, 3.63) is 0 Å². The molecule has 0 aromatic heterocycles. The molecule has 1 atom stereocenters. The first-order chi connectivity index (χ1) is 8.76. The summed E-state index contributed by atoms with van der Waals surface area (Å²) >= 11 is 0. The van der Waals surface area contributed by atoms with E-state index in [-0.39, 0.29) is 11.9 Å². The fraction of sp³-hybridized carbons (Fsp3) is 0.833. The predicted octanol–water partition coefficient (Wildman–Crippen LogP) is -0.654. The Hall–Kier alpha value is -1.14. The van der Waals surface area contributed by atoms with Gasteiger partial charge in [0.25, 0.3) is 0 Å². The maximum Gasteiger partial charge on any atom is 0.237 e. The van der Waals surface area contributed by atoms with Gasteiger partial charge in [-0.3, -0.25) is 9.59 Å². The van der Waals surface area contributed by atoms with Crippen LogP contribution in [-0.4, -0.2) is 45.0 Å². The largest absolute Gasteiger partial charge is 0.359 e. The second-order valence-electron chi connectivity index (χ2n) is 4.20. The van der Waals surface area contributed by atoms with Gasteiger partial charge in [-0.2, -0.15) is 0 Å². The van der Waals surface area contributed by atoms with E-state index >= 15 is 0 Å². The van der Waals surface area contributed by atoms with E-state index in [1.165, 1.54) is 0 Å². The fourth-order valence-electron chi connectivity index (χ4n) is 1.65. The Balaban J connectivity index is 3.65. The molecular formula is C12H26N4O2. The fourth-order valence-corrected chi connectivity index (χ4v) is 1.65. The minimum atomic E-state index is -0.154. The number of unbranched alkanes of at least 4 members (excludes halogenated alkanes) is 2. The van der Waals surface area contributed by atoms with Gasteiger partial charge in [0.15, 0.2) is 0 Å². The van der Waals surface area contributed by atoms with Gasteiger partial charge in [-0.1, -0.05) is 0 Å². The molecule has 0 fully saturated rings. The zero-order valence-electron chi connectivity index (χ0n) is 11.2. The first kappa shape index (κ1) is 16.9. The Morgan fingerprint density at radius 3 is 2.56 bits per heavy atom. The summed E-state index contributed by atoms with van der Waals surface area (Å²) in [5.41, 5.74) is 5.38. The number of hydrogen-bond donors (Lipinski definition) is 4. The number of carbonyl (C=O) groups is 2. The second-order valence-corrected chi connectivity index (χ2v) is 4.20. The van der Waals surface area contributed by atoms with E-state index in [4.69, 9.17) is 5.73 Å². The van der Waals surface area contributed by atoms with E-state index in [0.29, 0.717) is 26.0 Å². The molecule has 0 bridgehead atoms. The van der Waals surface area contributed by atoms with Gasteiger partial charge in [0, 0.05) is 13.1 Å². The lowest BCUT2D eigenvalue weighted by atomic mass is 10.1. The lowest BCUT2D eigenvalue weighted by molar-refractivity contribution is -0.123. The zero-order chi connectivity index (χ0) is 13.6. The highest BCUT2D eigenvalue weighted by Crippen LogP contribution is 2.00. The van der Waals surface area contributed by atoms with Crippen molar-refractivity contribution in [1.82, 2.24) is 16.0 Å². The summed E-state index contributed by atoms with van der Waals surface area (Å²) in [7, 11) is 1.79. The number of carbonyl (C=O) groups excluding carboxylic acids is 2. The van der Waals surface area contributed by atoms with Crippen LogP contribution in [0.2, 0.25) is 0 Å². The normalized spacial score (nSPS) is 11.9. The molecule has 106 valence electrons. The minimum Gasteiger partial charge on any atom is -0.359 e. The smallest absolute Gasteiger partial charge is 0.237 e. The molecule has 18 heavy (non-hydrogen) atoms. The molecule has 5 N–H and O–H groups in total. The monoisotopic (exact) mass is 258 g/mol. The van der Waals surface area contributed by atoms with Crippen LogP contribution in [0.5, 0.6) is 0 Å². The Kier molecular flexibility index (Phi) is 11.5. The standard InChI is InChI=1S/C12H26N4O2/c1-14-11(6-2-4-8-15-10-17)12(18)16-9-5-3-7-13/h10-11,14H,2-9,13H2,1H3,(H,15,17)(H,16,18). The van der Waals surface area contributed by atoms with Crippen molar-refractivity contribution in [2.24, 2.45) is 5.73 Å². The van der Waals surface area contributed by atoms with Crippen molar-refractivity contribution in [3.63, 3.8) is 0 Å². The van der Waals surface area contributed by atoms with Crippen LogP contribution in [0.4, 0.5) is 0 Å². The van der Waals surface area contributed by atoms with Crippen molar-refractivity contribution in [2.75, 3.05) is 26.7 Å². The van der Waals surface area contributed by atoms with Crippen molar-refractivity contribution in [1.29, 1.82) is 0 Å². The molecule has 6 nitrogen and oxygen atoms in total. The van der Waals surface area contributed by atoms with Gasteiger partial charge in [0.2, 0.25) is 12.3 Å². The van der Waals surface area contributed by atoms with Gasteiger partial charge in [-0.25, -0.2) is 0 Å². The molecule has 0 rings (SSSR count). The van der Waals surface area contributed by atoms with Crippen molar-refractivity contribution in [2.45, 2.75) is 38.1 Å². The summed E-state index contributed by atoms with van der Waals surface area (Å²) in [4.78, 5) is 21.8. The lowest BCUT2D eigenvalue weighted by Gasteiger charge is -2.15. The SMILES string of the molecule is CNC(CCCCNC=O)C(=O)NCCCCN. The highest BCUT2D eigenvalue weighted by Gasteiger charge is 2.14. The zero-order valence-corrected chi connectivity index (χ0v) is 11.2. The lowest BCUT2D eigenvalue weighted by Crippen LogP contribution is -2.43. The molecule has 0 saturated carbocycles. The number of nitrogens with one attached hydrogen (secondary N) is 3. The van der Waals surface area contributed by atoms with Crippen LogP contribution in [0.3, 0.4) is 0 Å². The molecule has 2 amide bonds. The molecule has 0 aromatic rings. The van der Waals surface area contributed by atoms with Crippen molar-refractivity contribution in [3.8, 4) is 0 Å². The van der Waals surface area contributed by atoms with Crippen LogP contribution in [0.1, 0.15) is 32.1 Å². The second kappa shape index (κ2) is 12.3. The molecule has 0 spiro atoms. The van der Waals surface area contributed by atoms with E-state index in [1.807, 2.05) is 0 Å². The molecule has 6 heteroatoms. The quantitative estimate of drug-likeness (QED) is 0.276.